The molecule has 0 aromatic rings. The third-order valence-electron chi connectivity index (χ3n) is 5.98. The van der Waals surface area contributed by atoms with Crippen molar-refractivity contribution in [1.29, 1.82) is 0 Å². The highest BCUT2D eigenvalue weighted by Gasteiger charge is 2.23. The predicted molar refractivity (Wildman–Crippen MR) is 92.7 cm³/mol. The molecule has 0 aromatic carbocycles. The lowest BCUT2D eigenvalue weighted by Crippen LogP contribution is -2.42. The van der Waals surface area contributed by atoms with Crippen LogP contribution in [0.25, 0.3) is 0 Å². The van der Waals surface area contributed by atoms with Gasteiger partial charge in [-0.2, -0.15) is 0 Å². The molecule has 2 aliphatic heterocycles. The second-order valence-corrected chi connectivity index (χ2v) is 7.85. The Morgan fingerprint density at radius 1 is 0.857 bits per heavy atom. The van der Waals surface area contributed by atoms with E-state index in [1.165, 1.54) is 84.2 Å². The summed E-state index contributed by atoms with van der Waals surface area (Å²) in [6, 6.07) is 0. The van der Waals surface area contributed by atoms with Crippen molar-refractivity contribution in [3.8, 4) is 0 Å². The molecule has 2 nitrogen and oxygen atoms in total. The highest BCUT2D eigenvalue weighted by Crippen LogP contribution is 2.25. The lowest BCUT2D eigenvalue weighted by Gasteiger charge is -2.37. The van der Waals surface area contributed by atoms with Crippen LogP contribution in [-0.4, -0.2) is 49.1 Å². The third-order valence-corrected chi connectivity index (χ3v) is 5.98. The molecule has 0 saturated carbocycles. The van der Waals surface area contributed by atoms with Crippen LogP contribution < -0.4 is 0 Å². The minimum atomic E-state index is 0.884. The standard InChI is InChI=1S/C19H38N2/c1-4-5-6-18-7-11-20(12-8-18)15-16-21-13-9-19(10-14-21)17(2)3/h17-19H,4-16H2,1-3H3. The summed E-state index contributed by atoms with van der Waals surface area (Å²) in [5.74, 6) is 2.90. The third kappa shape index (κ3) is 5.90. The molecule has 0 amide bonds. The molecule has 21 heavy (non-hydrogen) atoms. The zero-order chi connectivity index (χ0) is 15.1. The van der Waals surface area contributed by atoms with Crippen molar-refractivity contribution >= 4 is 0 Å². The van der Waals surface area contributed by atoms with Crippen molar-refractivity contribution in [3.05, 3.63) is 0 Å². The van der Waals surface area contributed by atoms with E-state index in [4.69, 9.17) is 0 Å². The average molecular weight is 295 g/mol. The van der Waals surface area contributed by atoms with Crippen LogP contribution in [-0.2, 0) is 0 Å². The van der Waals surface area contributed by atoms with Gasteiger partial charge in [0.15, 0.2) is 0 Å². The van der Waals surface area contributed by atoms with Crippen LogP contribution in [0.1, 0.15) is 65.7 Å². The summed E-state index contributed by atoms with van der Waals surface area (Å²) in [4.78, 5) is 5.43. The van der Waals surface area contributed by atoms with Crippen molar-refractivity contribution in [2.24, 2.45) is 17.8 Å². The van der Waals surface area contributed by atoms with Crippen molar-refractivity contribution in [1.82, 2.24) is 9.80 Å². The van der Waals surface area contributed by atoms with E-state index in [1.54, 1.807) is 0 Å². The summed E-state index contributed by atoms with van der Waals surface area (Å²) < 4.78 is 0. The lowest BCUT2D eigenvalue weighted by molar-refractivity contribution is 0.120. The Labute approximate surface area is 133 Å². The summed E-state index contributed by atoms with van der Waals surface area (Å²) >= 11 is 0. The molecule has 2 heterocycles. The van der Waals surface area contributed by atoms with Crippen LogP contribution in [0.2, 0.25) is 0 Å². The number of unbranched alkanes of at least 4 members (excludes halogenated alkanes) is 1. The monoisotopic (exact) mass is 294 g/mol. The Morgan fingerprint density at radius 3 is 1.86 bits per heavy atom. The van der Waals surface area contributed by atoms with Gasteiger partial charge in [-0.3, -0.25) is 0 Å². The fourth-order valence-corrected chi connectivity index (χ4v) is 4.12. The quantitative estimate of drug-likeness (QED) is 0.692. The highest BCUT2D eigenvalue weighted by molar-refractivity contribution is 4.77. The Hall–Kier alpha value is -0.0800. The predicted octanol–water partition coefficient (Wildman–Crippen LogP) is 4.26. The first kappa shape index (κ1) is 17.3. The van der Waals surface area contributed by atoms with Gasteiger partial charge in [-0.1, -0.05) is 40.0 Å². The van der Waals surface area contributed by atoms with Gasteiger partial charge in [0.2, 0.25) is 0 Å². The molecule has 0 N–H and O–H groups in total. The molecule has 0 aromatic heterocycles. The van der Waals surface area contributed by atoms with Gasteiger partial charge in [0.25, 0.3) is 0 Å². The summed E-state index contributed by atoms with van der Waals surface area (Å²) in [7, 11) is 0. The van der Waals surface area contributed by atoms with E-state index in [1.807, 2.05) is 0 Å². The van der Waals surface area contributed by atoms with E-state index >= 15 is 0 Å². The molecule has 2 rings (SSSR count). The van der Waals surface area contributed by atoms with E-state index in [-0.39, 0.29) is 0 Å². The molecular weight excluding hydrogens is 256 g/mol. The number of rotatable bonds is 7. The van der Waals surface area contributed by atoms with E-state index in [0.29, 0.717) is 0 Å². The number of likely N-dealkylation sites (tertiary alicyclic amines) is 2. The fourth-order valence-electron chi connectivity index (χ4n) is 4.12. The topological polar surface area (TPSA) is 6.48 Å². The van der Waals surface area contributed by atoms with E-state index in [0.717, 1.165) is 17.8 Å². The molecule has 0 radical (unpaired) electrons. The minimum absolute atomic E-state index is 0.884. The van der Waals surface area contributed by atoms with E-state index in [9.17, 15) is 0 Å². The Balaban J connectivity index is 1.56. The van der Waals surface area contributed by atoms with Crippen LogP contribution in [0.4, 0.5) is 0 Å². The fraction of sp³-hybridized carbons (Fsp3) is 1.00. The summed E-state index contributed by atoms with van der Waals surface area (Å²) in [5.41, 5.74) is 0. The largest absolute Gasteiger partial charge is 0.302 e. The highest BCUT2D eigenvalue weighted by atomic mass is 15.2. The zero-order valence-electron chi connectivity index (χ0n) is 14.8. The van der Waals surface area contributed by atoms with Crippen molar-refractivity contribution in [3.63, 3.8) is 0 Å². The zero-order valence-corrected chi connectivity index (χ0v) is 14.8. The summed E-state index contributed by atoms with van der Waals surface area (Å²) in [6.45, 7) is 15.1. The van der Waals surface area contributed by atoms with Crippen LogP contribution in [0, 0.1) is 17.8 Å². The Kier molecular flexibility index (Phi) is 7.53. The molecular formula is C19H38N2. The van der Waals surface area contributed by atoms with E-state index < -0.39 is 0 Å². The van der Waals surface area contributed by atoms with Crippen LogP contribution in [0.15, 0.2) is 0 Å². The van der Waals surface area contributed by atoms with Crippen molar-refractivity contribution in [2.45, 2.75) is 65.7 Å². The molecule has 2 saturated heterocycles. The van der Waals surface area contributed by atoms with Crippen LogP contribution in [0.3, 0.4) is 0 Å². The van der Waals surface area contributed by atoms with Gasteiger partial charge in [-0.25, -0.2) is 0 Å². The van der Waals surface area contributed by atoms with Gasteiger partial charge >= 0.3 is 0 Å². The van der Waals surface area contributed by atoms with Crippen molar-refractivity contribution < 1.29 is 0 Å². The molecule has 0 bridgehead atoms. The maximum atomic E-state index is 2.72. The maximum absolute atomic E-state index is 2.72. The first-order chi connectivity index (χ1) is 10.2. The second-order valence-electron chi connectivity index (χ2n) is 7.85. The summed E-state index contributed by atoms with van der Waals surface area (Å²) in [6.07, 6.45) is 10.0. The van der Waals surface area contributed by atoms with Gasteiger partial charge < -0.3 is 9.80 Å². The van der Waals surface area contributed by atoms with Gasteiger partial charge in [-0.05, 0) is 69.6 Å². The van der Waals surface area contributed by atoms with Crippen LogP contribution in [0.5, 0.6) is 0 Å². The molecule has 0 aliphatic carbocycles. The molecule has 2 heteroatoms. The molecule has 2 fully saturated rings. The first-order valence-corrected chi connectivity index (χ1v) is 9.63. The molecule has 0 atom stereocenters. The van der Waals surface area contributed by atoms with Crippen LogP contribution >= 0.6 is 0 Å². The normalized spacial score (nSPS) is 24.0. The molecule has 124 valence electrons. The van der Waals surface area contributed by atoms with Gasteiger partial charge in [0.05, 0.1) is 0 Å². The lowest BCUT2D eigenvalue weighted by atomic mass is 9.87. The molecule has 2 aliphatic rings. The number of piperidine rings is 2. The second kappa shape index (κ2) is 9.15. The average Bonchev–Trinajstić information content (AvgIpc) is 2.52. The summed E-state index contributed by atoms with van der Waals surface area (Å²) in [5, 5.41) is 0. The van der Waals surface area contributed by atoms with E-state index in [2.05, 4.69) is 30.6 Å². The first-order valence-electron chi connectivity index (χ1n) is 9.63. The maximum Gasteiger partial charge on any atom is 0.0109 e. The van der Waals surface area contributed by atoms with Gasteiger partial charge in [0.1, 0.15) is 0 Å². The number of nitrogens with zero attached hydrogens (tertiary/aromatic N) is 2. The molecule has 0 unspecified atom stereocenters. The van der Waals surface area contributed by atoms with Gasteiger partial charge in [0, 0.05) is 13.1 Å². The smallest absolute Gasteiger partial charge is 0.0109 e. The minimum Gasteiger partial charge on any atom is -0.302 e. The number of hydrogen-bond acceptors (Lipinski definition) is 2. The van der Waals surface area contributed by atoms with Gasteiger partial charge in [-0.15, -0.1) is 0 Å². The SMILES string of the molecule is CCCCC1CCN(CCN2CCC(C(C)C)CC2)CC1. The number of hydrogen-bond donors (Lipinski definition) is 0. The Morgan fingerprint density at radius 2 is 1.38 bits per heavy atom. The Bertz CT molecular complexity index is 261. The molecule has 0 spiro atoms. The van der Waals surface area contributed by atoms with Crippen molar-refractivity contribution in [2.75, 3.05) is 39.3 Å².